The molecule has 3 fully saturated rings. The van der Waals surface area contributed by atoms with Crippen LogP contribution < -0.4 is 10.6 Å². The number of anilines is 1. The summed E-state index contributed by atoms with van der Waals surface area (Å²) in [7, 11) is 0. The third-order valence-electron chi connectivity index (χ3n) is 7.90. The van der Waals surface area contributed by atoms with E-state index in [1.807, 2.05) is 49.5 Å². The number of ether oxygens (including phenoxy) is 1. The van der Waals surface area contributed by atoms with Gasteiger partial charge < -0.3 is 15.4 Å². The number of benzene rings is 1. The molecule has 0 bridgehead atoms. The Bertz CT molecular complexity index is 1360. The van der Waals surface area contributed by atoms with Gasteiger partial charge in [-0.3, -0.25) is 9.78 Å². The molecule has 0 spiro atoms. The van der Waals surface area contributed by atoms with Crippen molar-refractivity contribution in [3.63, 3.8) is 0 Å². The molecule has 0 saturated heterocycles. The van der Waals surface area contributed by atoms with Crippen LogP contribution in [0.25, 0.3) is 11.1 Å². The van der Waals surface area contributed by atoms with Gasteiger partial charge in [-0.1, -0.05) is 30.3 Å². The van der Waals surface area contributed by atoms with Crippen molar-refractivity contribution in [3.05, 3.63) is 77.5 Å². The molecule has 3 aliphatic carbocycles. The third-order valence-corrected chi connectivity index (χ3v) is 7.90. The summed E-state index contributed by atoms with van der Waals surface area (Å²) >= 11 is 0. The molecule has 3 aromatic rings. The number of aromatic nitrogens is 2. The Morgan fingerprint density at radius 2 is 1.72 bits per heavy atom. The van der Waals surface area contributed by atoms with E-state index in [1.54, 1.807) is 12.1 Å². The lowest BCUT2D eigenvalue weighted by Gasteiger charge is -2.27. The van der Waals surface area contributed by atoms with Crippen LogP contribution in [0.3, 0.4) is 0 Å². The minimum absolute atomic E-state index is 0.0258. The maximum Gasteiger partial charge on any atom is 0.408 e. The highest BCUT2D eigenvalue weighted by Gasteiger charge is 2.48. The first-order chi connectivity index (χ1) is 19.0. The van der Waals surface area contributed by atoms with E-state index in [9.17, 15) is 9.59 Å². The van der Waals surface area contributed by atoms with Gasteiger partial charge in [0.15, 0.2) is 0 Å². The van der Waals surface area contributed by atoms with Gasteiger partial charge in [0.2, 0.25) is 11.9 Å². The van der Waals surface area contributed by atoms with Crippen LogP contribution in [0.5, 0.6) is 0 Å². The van der Waals surface area contributed by atoms with Gasteiger partial charge in [-0.2, -0.15) is 4.39 Å². The molecule has 2 amide bonds. The molecule has 2 N–H and O–H groups in total. The fourth-order valence-corrected chi connectivity index (χ4v) is 5.51. The van der Waals surface area contributed by atoms with Crippen LogP contribution in [0.2, 0.25) is 0 Å². The lowest BCUT2D eigenvalue weighted by Crippen LogP contribution is -2.50. The number of hydrogen-bond acceptors (Lipinski definition) is 5. The number of amides is 2. The molecule has 8 heteroatoms. The molecule has 0 radical (unpaired) electrons. The van der Waals surface area contributed by atoms with Crippen LogP contribution in [-0.4, -0.2) is 28.0 Å². The van der Waals surface area contributed by atoms with Crippen molar-refractivity contribution < 1.29 is 18.7 Å². The van der Waals surface area contributed by atoms with Gasteiger partial charge in [0.25, 0.3) is 0 Å². The number of nitrogens with one attached hydrogen (secondary N) is 2. The number of pyridine rings is 2. The number of aryl methyl sites for hydroxylation is 1. The average Bonchev–Trinajstić information content (AvgIpc) is 3.76. The molecule has 39 heavy (non-hydrogen) atoms. The van der Waals surface area contributed by atoms with Gasteiger partial charge in [0.05, 0.1) is 5.69 Å². The van der Waals surface area contributed by atoms with E-state index in [4.69, 9.17) is 4.74 Å². The molecule has 2 heterocycles. The van der Waals surface area contributed by atoms with Crippen molar-refractivity contribution in [2.24, 2.45) is 17.8 Å². The summed E-state index contributed by atoms with van der Waals surface area (Å²) in [6.07, 6.45) is 7.45. The van der Waals surface area contributed by atoms with Crippen LogP contribution in [0.4, 0.5) is 15.0 Å². The maximum absolute atomic E-state index is 15.3. The highest BCUT2D eigenvalue weighted by molar-refractivity contribution is 5.96. The number of carbonyl (C=O) groups is 2. The standard InChI is InChI=1S/C31H33FN4O3/c1-18-15-24(27(33-16-18)22-11-12-22)23-13-14-25(34-29(23)32)35-30(37)28(26(20-7-8-20)21-9-10-21)36-31(38)39-17-19-5-3-2-4-6-19/h2-6,13-16,20-22,26,28H,7-12,17H2,1H3,(H,36,38)(H,34,35,37)/t28-/m0/s1. The summed E-state index contributed by atoms with van der Waals surface area (Å²) in [5.41, 5.74) is 3.84. The molecular formula is C31H33FN4O3. The van der Waals surface area contributed by atoms with E-state index in [-0.39, 0.29) is 18.3 Å². The number of alkyl carbamates (subject to hydrolysis) is 1. The molecule has 0 unspecified atom stereocenters. The van der Waals surface area contributed by atoms with Gasteiger partial charge in [-0.05, 0) is 92.5 Å². The van der Waals surface area contributed by atoms with Crippen molar-refractivity contribution in [3.8, 4) is 11.1 Å². The van der Waals surface area contributed by atoms with Crippen LogP contribution >= 0.6 is 0 Å². The van der Waals surface area contributed by atoms with E-state index in [2.05, 4.69) is 20.6 Å². The van der Waals surface area contributed by atoms with Crippen LogP contribution in [-0.2, 0) is 16.1 Å². The Hall–Kier alpha value is -3.81. The summed E-state index contributed by atoms with van der Waals surface area (Å²) in [6.45, 7) is 2.05. The second kappa shape index (κ2) is 10.8. The third kappa shape index (κ3) is 6.10. The summed E-state index contributed by atoms with van der Waals surface area (Å²) in [4.78, 5) is 34.9. The molecule has 3 aliphatic rings. The molecule has 1 atom stereocenters. The van der Waals surface area contributed by atoms with Gasteiger partial charge in [-0.15, -0.1) is 0 Å². The Balaban J connectivity index is 1.18. The van der Waals surface area contributed by atoms with E-state index in [1.165, 1.54) is 0 Å². The Morgan fingerprint density at radius 1 is 1.00 bits per heavy atom. The average molecular weight is 529 g/mol. The summed E-state index contributed by atoms with van der Waals surface area (Å²) in [5.74, 6) is 0.228. The van der Waals surface area contributed by atoms with Crippen molar-refractivity contribution in [2.75, 3.05) is 5.32 Å². The van der Waals surface area contributed by atoms with Crippen molar-refractivity contribution in [1.29, 1.82) is 0 Å². The predicted octanol–water partition coefficient (Wildman–Crippen LogP) is 6.14. The summed E-state index contributed by atoms with van der Waals surface area (Å²) < 4.78 is 20.7. The monoisotopic (exact) mass is 528 g/mol. The number of rotatable bonds is 10. The van der Waals surface area contributed by atoms with Gasteiger partial charge in [0, 0.05) is 23.2 Å². The first-order valence-electron chi connectivity index (χ1n) is 13.9. The quantitative estimate of drug-likeness (QED) is 0.309. The maximum atomic E-state index is 15.3. The molecule has 7 nitrogen and oxygen atoms in total. The second-order valence-corrected chi connectivity index (χ2v) is 11.2. The molecule has 202 valence electrons. The van der Waals surface area contributed by atoms with Crippen LogP contribution in [0.15, 0.2) is 54.7 Å². The first-order valence-corrected chi connectivity index (χ1v) is 13.9. The zero-order valence-electron chi connectivity index (χ0n) is 22.0. The van der Waals surface area contributed by atoms with E-state index in [0.717, 1.165) is 60.9 Å². The van der Waals surface area contributed by atoms with E-state index in [0.29, 0.717) is 23.3 Å². The van der Waals surface area contributed by atoms with Crippen LogP contribution in [0.1, 0.15) is 61.3 Å². The van der Waals surface area contributed by atoms with Gasteiger partial charge in [-0.25, -0.2) is 9.78 Å². The number of nitrogens with zero attached hydrogens (tertiary/aromatic N) is 2. The Morgan fingerprint density at radius 3 is 2.36 bits per heavy atom. The smallest absolute Gasteiger partial charge is 0.408 e. The summed E-state index contributed by atoms with van der Waals surface area (Å²) in [6, 6.07) is 13.8. The fourth-order valence-electron chi connectivity index (χ4n) is 5.51. The molecule has 0 aliphatic heterocycles. The molecule has 6 rings (SSSR count). The van der Waals surface area contributed by atoms with Gasteiger partial charge >= 0.3 is 6.09 Å². The summed E-state index contributed by atoms with van der Waals surface area (Å²) in [5, 5.41) is 5.60. The minimum atomic E-state index is -0.778. The normalized spacial score (nSPS) is 17.5. The lowest BCUT2D eigenvalue weighted by atomic mass is 9.89. The van der Waals surface area contributed by atoms with E-state index < -0.39 is 24.0 Å². The SMILES string of the molecule is Cc1cnc(C2CC2)c(-c2ccc(NC(=O)[C@@H](NC(=O)OCc3ccccc3)C(C3CC3)C3CC3)nc2F)c1. The van der Waals surface area contributed by atoms with Crippen molar-refractivity contribution in [2.45, 2.75) is 64.0 Å². The lowest BCUT2D eigenvalue weighted by molar-refractivity contribution is -0.119. The molecule has 2 aromatic heterocycles. The molecule has 1 aromatic carbocycles. The first kappa shape index (κ1) is 25.5. The van der Waals surface area contributed by atoms with E-state index >= 15 is 4.39 Å². The zero-order valence-corrected chi connectivity index (χ0v) is 22.0. The fraction of sp³-hybridized carbons (Fsp3) is 0.419. The zero-order chi connectivity index (χ0) is 26.9. The second-order valence-electron chi connectivity index (χ2n) is 11.2. The Labute approximate surface area is 227 Å². The van der Waals surface area contributed by atoms with Gasteiger partial charge in [0.1, 0.15) is 18.5 Å². The molecular weight excluding hydrogens is 495 g/mol. The number of halogens is 1. The predicted molar refractivity (Wildman–Crippen MR) is 145 cm³/mol. The largest absolute Gasteiger partial charge is 0.445 e. The topological polar surface area (TPSA) is 93.2 Å². The minimum Gasteiger partial charge on any atom is -0.445 e. The highest BCUT2D eigenvalue weighted by Crippen LogP contribution is 2.51. The highest BCUT2D eigenvalue weighted by atomic mass is 19.1. The molecule has 3 saturated carbocycles. The van der Waals surface area contributed by atoms with Crippen molar-refractivity contribution in [1.82, 2.24) is 15.3 Å². The number of carbonyl (C=O) groups excluding carboxylic acids is 2. The Kier molecular flexibility index (Phi) is 7.02. The van der Waals surface area contributed by atoms with Crippen LogP contribution in [0, 0.1) is 30.6 Å². The number of hydrogen-bond donors (Lipinski definition) is 2. The van der Waals surface area contributed by atoms with Crippen molar-refractivity contribution >= 4 is 17.8 Å².